The maximum Gasteiger partial charge on any atom is 0.167 e. The van der Waals surface area contributed by atoms with E-state index in [9.17, 15) is 0 Å². The van der Waals surface area contributed by atoms with Crippen molar-refractivity contribution in [3.05, 3.63) is 57.0 Å². The third-order valence-electron chi connectivity index (χ3n) is 4.71. The Bertz CT molecular complexity index is 721. The fourth-order valence-corrected chi connectivity index (χ4v) is 3.56. The third-order valence-corrected chi connectivity index (χ3v) is 5.70. The van der Waals surface area contributed by atoms with E-state index in [1.165, 1.54) is 0 Å². The largest absolute Gasteiger partial charge is 0.493 e. The van der Waals surface area contributed by atoms with E-state index in [1.54, 1.807) is 7.11 Å². The lowest BCUT2D eigenvalue weighted by molar-refractivity contribution is 0.279. The third kappa shape index (κ3) is 6.96. The van der Waals surface area contributed by atoms with Crippen LogP contribution in [0.4, 0.5) is 0 Å². The van der Waals surface area contributed by atoms with Crippen LogP contribution in [0.5, 0.6) is 11.5 Å². The van der Waals surface area contributed by atoms with Gasteiger partial charge in [0.15, 0.2) is 11.5 Å². The molecule has 4 nitrogen and oxygen atoms in total. The molecule has 0 unspecified atom stereocenters. The zero-order chi connectivity index (χ0) is 20.4. The van der Waals surface area contributed by atoms with Crippen LogP contribution < -0.4 is 14.8 Å². The molecule has 0 aliphatic rings. The summed E-state index contributed by atoms with van der Waals surface area (Å²) in [6.07, 6.45) is 1.12. The molecule has 0 aliphatic heterocycles. The number of benzene rings is 2. The van der Waals surface area contributed by atoms with Crippen LogP contribution in [0, 0.1) is 0 Å². The number of hydrogen-bond acceptors (Lipinski definition) is 4. The van der Waals surface area contributed by atoms with Gasteiger partial charge in [-0.2, -0.15) is 0 Å². The van der Waals surface area contributed by atoms with Gasteiger partial charge in [0, 0.05) is 21.6 Å². The van der Waals surface area contributed by atoms with E-state index in [-0.39, 0.29) is 0 Å². The highest BCUT2D eigenvalue weighted by atomic mass is 79.9. The van der Waals surface area contributed by atoms with Gasteiger partial charge in [0.1, 0.15) is 6.61 Å². The summed E-state index contributed by atoms with van der Waals surface area (Å²) in [4.78, 5) is 2.43. The van der Waals surface area contributed by atoms with E-state index >= 15 is 0 Å². The van der Waals surface area contributed by atoms with Crippen molar-refractivity contribution in [3.63, 3.8) is 0 Å². The molecule has 0 atom stereocenters. The van der Waals surface area contributed by atoms with Gasteiger partial charge in [0.25, 0.3) is 0 Å². The molecule has 1 N–H and O–H groups in total. The summed E-state index contributed by atoms with van der Waals surface area (Å²) >= 11 is 9.62. The zero-order valence-electron chi connectivity index (χ0n) is 16.9. The van der Waals surface area contributed by atoms with Crippen LogP contribution in [0.15, 0.2) is 40.9 Å². The number of ether oxygens (including phenoxy) is 2. The molecule has 2 aromatic rings. The summed E-state index contributed by atoms with van der Waals surface area (Å²) in [5, 5.41) is 4.25. The Kier molecular flexibility index (Phi) is 10.1. The zero-order valence-corrected chi connectivity index (χ0v) is 19.3. The van der Waals surface area contributed by atoms with Crippen LogP contribution in [0.1, 0.15) is 31.4 Å². The highest BCUT2D eigenvalue weighted by Crippen LogP contribution is 2.36. The van der Waals surface area contributed by atoms with Crippen molar-refractivity contribution in [1.29, 1.82) is 0 Å². The second kappa shape index (κ2) is 12.3. The first-order valence-electron chi connectivity index (χ1n) is 9.74. The molecule has 0 radical (unpaired) electrons. The minimum Gasteiger partial charge on any atom is -0.493 e. The molecule has 0 bridgehead atoms. The minimum atomic E-state index is 0.457. The van der Waals surface area contributed by atoms with Crippen LogP contribution in [-0.4, -0.2) is 38.2 Å². The lowest BCUT2D eigenvalue weighted by Crippen LogP contribution is -2.27. The van der Waals surface area contributed by atoms with Crippen LogP contribution in [0.2, 0.25) is 5.02 Å². The molecule has 28 heavy (non-hydrogen) atoms. The smallest absolute Gasteiger partial charge is 0.167 e. The number of nitrogens with one attached hydrogen (secondary N) is 1. The number of rotatable bonds is 12. The number of methoxy groups -OCH3 is 1. The normalized spacial score (nSPS) is 11.1. The molecular weight excluding hydrogens is 440 g/mol. The van der Waals surface area contributed by atoms with Crippen molar-refractivity contribution < 1.29 is 9.47 Å². The van der Waals surface area contributed by atoms with Gasteiger partial charge in [0.2, 0.25) is 0 Å². The van der Waals surface area contributed by atoms with Crippen LogP contribution >= 0.6 is 27.5 Å². The number of halogens is 2. The second-order valence-electron chi connectivity index (χ2n) is 6.53. The molecule has 2 rings (SSSR count). The topological polar surface area (TPSA) is 33.7 Å². The standard InChI is InChI=1S/C22H30BrClN2O2/c1-4-26(5-2)14-6-13-25-15-19-20(23)11-12-21(27-3)22(19)28-16-17-7-9-18(24)10-8-17/h7-12,25H,4-6,13-16H2,1-3H3. The maximum absolute atomic E-state index is 6.15. The molecule has 0 heterocycles. The average Bonchev–Trinajstić information content (AvgIpc) is 2.71. The van der Waals surface area contributed by atoms with Crippen LogP contribution in [-0.2, 0) is 13.2 Å². The van der Waals surface area contributed by atoms with E-state index < -0.39 is 0 Å². The first-order valence-corrected chi connectivity index (χ1v) is 10.9. The van der Waals surface area contributed by atoms with Gasteiger partial charge >= 0.3 is 0 Å². The van der Waals surface area contributed by atoms with E-state index in [1.807, 2.05) is 36.4 Å². The Morgan fingerprint density at radius 2 is 1.79 bits per heavy atom. The molecule has 0 aromatic heterocycles. The predicted molar refractivity (Wildman–Crippen MR) is 121 cm³/mol. The van der Waals surface area contributed by atoms with Crippen molar-refractivity contribution in [1.82, 2.24) is 10.2 Å². The fourth-order valence-electron chi connectivity index (χ4n) is 2.98. The van der Waals surface area contributed by atoms with E-state index in [4.69, 9.17) is 21.1 Å². The van der Waals surface area contributed by atoms with Gasteiger partial charge in [-0.15, -0.1) is 0 Å². The van der Waals surface area contributed by atoms with Crippen molar-refractivity contribution in [2.24, 2.45) is 0 Å². The van der Waals surface area contributed by atoms with Crippen LogP contribution in [0.25, 0.3) is 0 Å². The molecule has 0 saturated heterocycles. The molecule has 0 saturated carbocycles. The van der Waals surface area contributed by atoms with Gasteiger partial charge in [0.05, 0.1) is 7.11 Å². The van der Waals surface area contributed by atoms with Gasteiger partial charge in [-0.05, 0) is 62.4 Å². The summed E-state index contributed by atoms with van der Waals surface area (Å²) in [5.74, 6) is 1.50. The SMILES string of the molecule is CCN(CC)CCCNCc1c(Br)ccc(OC)c1OCc1ccc(Cl)cc1. The van der Waals surface area contributed by atoms with Gasteiger partial charge in [-0.3, -0.25) is 0 Å². The van der Waals surface area contributed by atoms with Gasteiger partial charge in [-0.1, -0.05) is 53.5 Å². The number of hydrogen-bond donors (Lipinski definition) is 1. The summed E-state index contributed by atoms with van der Waals surface area (Å²) in [6, 6.07) is 11.6. The van der Waals surface area contributed by atoms with Crippen molar-refractivity contribution >= 4 is 27.5 Å². The first-order chi connectivity index (χ1) is 13.6. The molecule has 0 fully saturated rings. The summed E-state index contributed by atoms with van der Waals surface area (Å²) in [6.45, 7) is 9.84. The molecule has 0 amide bonds. The Balaban J connectivity index is 2.00. The van der Waals surface area contributed by atoms with Crippen molar-refractivity contribution in [2.45, 2.75) is 33.4 Å². The monoisotopic (exact) mass is 468 g/mol. The Morgan fingerprint density at radius 3 is 2.43 bits per heavy atom. The Hall–Kier alpha value is -1.27. The maximum atomic E-state index is 6.15. The fraction of sp³-hybridized carbons (Fsp3) is 0.455. The Labute approximate surface area is 182 Å². The molecule has 0 spiro atoms. The highest BCUT2D eigenvalue weighted by molar-refractivity contribution is 9.10. The molecule has 0 aliphatic carbocycles. The summed E-state index contributed by atoms with van der Waals surface area (Å²) in [7, 11) is 1.67. The summed E-state index contributed by atoms with van der Waals surface area (Å²) < 4.78 is 12.7. The molecule has 6 heteroatoms. The second-order valence-corrected chi connectivity index (χ2v) is 7.82. The van der Waals surface area contributed by atoms with Crippen molar-refractivity contribution in [2.75, 3.05) is 33.3 Å². The first kappa shape index (κ1) is 23.0. The molecule has 154 valence electrons. The van der Waals surface area contributed by atoms with Gasteiger partial charge < -0.3 is 19.7 Å². The lowest BCUT2D eigenvalue weighted by atomic mass is 10.1. The van der Waals surface area contributed by atoms with E-state index in [0.29, 0.717) is 13.2 Å². The van der Waals surface area contributed by atoms with Crippen LogP contribution in [0.3, 0.4) is 0 Å². The highest BCUT2D eigenvalue weighted by Gasteiger charge is 2.15. The quantitative estimate of drug-likeness (QED) is 0.415. The predicted octanol–water partition coefficient (Wildman–Crippen LogP) is 5.51. The molecular formula is C22H30BrClN2O2. The van der Waals surface area contributed by atoms with E-state index in [0.717, 1.165) is 64.7 Å². The van der Waals surface area contributed by atoms with E-state index in [2.05, 4.69) is 40.0 Å². The lowest BCUT2D eigenvalue weighted by Gasteiger charge is -2.19. The van der Waals surface area contributed by atoms with Gasteiger partial charge in [-0.25, -0.2) is 0 Å². The molecule has 2 aromatic carbocycles. The minimum absolute atomic E-state index is 0.457. The average molecular weight is 470 g/mol. The number of nitrogens with zero attached hydrogens (tertiary/aromatic N) is 1. The summed E-state index contributed by atoms with van der Waals surface area (Å²) in [5.41, 5.74) is 2.13. The Morgan fingerprint density at radius 1 is 1.07 bits per heavy atom. The van der Waals surface area contributed by atoms with Crippen molar-refractivity contribution in [3.8, 4) is 11.5 Å².